The molecule has 0 aliphatic heterocycles. The van der Waals surface area contributed by atoms with Gasteiger partial charge in [-0.3, -0.25) is 0 Å². The van der Waals surface area contributed by atoms with E-state index in [1.165, 1.54) is 24.0 Å². The minimum atomic E-state index is 0.631. The van der Waals surface area contributed by atoms with Crippen LogP contribution in [0.25, 0.3) is 0 Å². The molecule has 0 aliphatic rings. The van der Waals surface area contributed by atoms with Crippen LogP contribution in [-0.4, -0.2) is 6.54 Å². The zero-order chi connectivity index (χ0) is 12.4. The summed E-state index contributed by atoms with van der Waals surface area (Å²) in [5, 5.41) is 0. The van der Waals surface area contributed by atoms with E-state index in [0.717, 1.165) is 12.3 Å². The summed E-state index contributed by atoms with van der Waals surface area (Å²) in [6, 6.07) is 0. The molecule has 0 amide bonds. The van der Waals surface area contributed by atoms with Crippen LogP contribution in [0.5, 0.6) is 0 Å². The van der Waals surface area contributed by atoms with Crippen molar-refractivity contribution in [3.8, 4) is 0 Å². The lowest BCUT2D eigenvalue weighted by Gasteiger charge is -2.06. The van der Waals surface area contributed by atoms with Gasteiger partial charge in [0.05, 0.1) is 0 Å². The highest BCUT2D eigenvalue weighted by Crippen LogP contribution is 2.12. The Labute approximate surface area is 101 Å². The highest BCUT2D eigenvalue weighted by molar-refractivity contribution is 5.16. The largest absolute Gasteiger partial charge is 0.327 e. The standard InChI is InChI=1S/C15H27N/c1-13(2)7-5-8-14(3)9-6-10-15(4)11-12-16/h6-7,10-11,14H,5,8-9,12,16H2,1-4H3. The van der Waals surface area contributed by atoms with Crippen molar-refractivity contribution in [3.05, 3.63) is 35.5 Å². The van der Waals surface area contributed by atoms with Gasteiger partial charge in [-0.05, 0) is 46.0 Å². The number of allylic oxidation sites excluding steroid dienone is 5. The normalized spacial score (nSPS) is 14.2. The summed E-state index contributed by atoms with van der Waals surface area (Å²) in [4.78, 5) is 0. The second kappa shape index (κ2) is 9.41. The van der Waals surface area contributed by atoms with Gasteiger partial charge in [-0.1, -0.05) is 42.4 Å². The second-order valence-electron chi connectivity index (χ2n) is 4.79. The molecule has 0 aliphatic carbocycles. The molecule has 0 aromatic rings. The van der Waals surface area contributed by atoms with Crippen LogP contribution in [0.3, 0.4) is 0 Å². The van der Waals surface area contributed by atoms with E-state index in [9.17, 15) is 0 Å². The highest BCUT2D eigenvalue weighted by atomic mass is 14.5. The van der Waals surface area contributed by atoms with Crippen molar-refractivity contribution >= 4 is 0 Å². The average molecular weight is 221 g/mol. The predicted molar refractivity (Wildman–Crippen MR) is 74.4 cm³/mol. The van der Waals surface area contributed by atoms with E-state index >= 15 is 0 Å². The molecule has 0 spiro atoms. The van der Waals surface area contributed by atoms with E-state index in [2.05, 4.69) is 45.9 Å². The zero-order valence-corrected chi connectivity index (χ0v) is 11.3. The molecule has 0 aromatic carbocycles. The molecule has 1 heteroatoms. The van der Waals surface area contributed by atoms with Crippen molar-refractivity contribution in [2.24, 2.45) is 11.7 Å². The lowest BCUT2D eigenvalue weighted by Crippen LogP contribution is -1.94. The molecule has 0 rings (SSSR count). The van der Waals surface area contributed by atoms with Gasteiger partial charge in [0.2, 0.25) is 0 Å². The van der Waals surface area contributed by atoms with Gasteiger partial charge in [0.15, 0.2) is 0 Å². The first-order valence-corrected chi connectivity index (χ1v) is 6.23. The molecule has 0 heterocycles. The minimum Gasteiger partial charge on any atom is -0.327 e. The summed E-state index contributed by atoms with van der Waals surface area (Å²) in [5.41, 5.74) is 8.12. The van der Waals surface area contributed by atoms with Crippen molar-refractivity contribution < 1.29 is 0 Å². The Morgan fingerprint density at radius 1 is 1.19 bits per heavy atom. The fraction of sp³-hybridized carbons (Fsp3) is 0.600. The number of hydrogen-bond donors (Lipinski definition) is 1. The Balaban J connectivity index is 3.76. The SMILES string of the molecule is CC(C)=CCCC(C)CC=CC(C)=CCN. The molecule has 0 bridgehead atoms. The third-order valence-corrected chi connectivity index (χ3v) is 2.57. The molecule has 1 unspecified atom stereocenters. The first-order valence-electron chi connectivity index (χ1n) is 6.23. The second-order valence-corrected chi connectivity index (χ2v) is 4.79. The fourth-order valence-electron chi connectivity index (χ4n) is 1.51. The van der Waals surface area contributed by atoms with Crippen LogP contribution in [0.4, 0.5) is 0 Å². The summed E-state index contributed by atoms with van der Waals surface area (Å²) in [6.07, 6.45) is 12.4. The van der Waals surface area contributed by atoms with Crippen LogP contribution >= 0.6 is 0 Å². The van der Waals surface area contributed by atoms with Gasteiger partial charge in [-0.15, -0.1) is 0 Å². The maximum Gasteiger partial charge on any atom is 0.0112 e. The highest BCUT2D eigenvalue weighted by Gasteiger charge is 1.97. The molecular weight excluding hydrogens is 194 g/mol. The summed E-state index contributed by atoms with van der Waals surface area (Å²) in [5.74, 6) is 0.762. The topological polar surface area (TPSA) is 26.0 Å². The van der Waals surface area contributed by atoms with Crippen molar-refractivity contribution in [1.29, 1.82) is 0 Å². The van der Waals surface area contributed by atoms with Gasteiger partial charge < -0.3 is 5.73 Å². The minimum absolute atomic E-state index is 0.631. The molecule has 0 aromatic heterocycles. The van der Waals surface area contributed by atoms with E-state index in [4.69, 9.17) is 5.73 Å². The lowest BCUT2D eigenvalue weighted by molar-refractivity contribution is 0.545. The molecule has 92 valence electrons. The molecule has 16 heavy (non-hydrogen) atoms. The third kappa shape index (κ3) is 9.72. The molecule has 0 fully saturated rings. The Morgan fingerprint density at radius 3 is 2.44 bits per heavy atom. The monoisotopic (exact) mass is 221 g/mol. The Morgan fingerprint density at radius 2 is 1.88 bits per heavy atom. The Kier molecular flexibility index (Phi) is 8.93. The lowest BCUT2D eigenvalue weighted by atomic mass is 10.0. The van der Waals surface area contributed by atoms with Gasteiger partial charge in [0.1, 0.15) is 0 Å². The summed E-state index contributed by atoms with van der Waals surface area (Å²) in [6.45, 7) is 9.35. The first-order chi connectivity index (χ1) is 7.56. The number of rotatable bonds is 7. The van der Waals surface area contributed by atoms with E-state index in [1.807, 2.05) is 6.08 Å². The molecule has 2 N–H and O–H groups in total. The van der Waals surface area contributed by atoms with Crippen LogP contribution < -0.4 is 5.73 Å². The Hall–Kier alpha value is -0.820. The van der Waals surface area contributed by atoms with Crippen molar-refractivity contribution in [2.75, 3.05) is 6.54 Å². The van der Waals surface area contributed by atoms with Crippen LogP contribution in [0.2, 0.25) is 0 Å². The van der Waals surface area contributed by atoms with E-state index in [0.29, 0.717) is 6.54 Å². The van der Waals surface area contributed by atoms with Gasteiger partial charge in [0, 0.05) is 6.54 Å². The van der Waals surface area contributed by atoms with E-state index in [-0.39, 0.29) is 0 Å². The van der Waals surface area contributed by atoms with Gasteiger partial charge in [-0.2, -0.15) is 0 Å². The molecular formula is C15H27N. The van der Waals surface area contributed by atoms with Gasteiger partial charge >= 0.3 is 0 Å². The number of hydrogen-bond acceptors (Lipinski definition) is 1. The summed E-state index contributed by atoms with van der Waals surface area (Å²) >= 11 is 0. The zero-order valence-electron chi connectivity index (χ0n) is 11.3. The van der Waals surface area contributed by atoms with Crippen molar-refractivity contribution in [2.45, 2.75) is 47.0 Å². The van der Waals surface area contributed by atoms with Crippen LogP contribution in [-0.2, 0) is 0 Å². The maximum atomic E-state index is 5.44. The molecule has 0 radical (unpaired) electrons. The Bertz CT molecular complexity index is 255. The van der Waals surface area contributed by atoms with Gasteiger partial charge in [-0.25, -0.2) is 0 Å². The number of nitrogens with two attached hydrogens (primary N) is 1. The quantitative estimate of drug-likeness (QED) is 0.505. The van der Waals surface area contributed by atoms with Crippen molar-refractivity contribution in [3.63, 3.8) is 0 Å². The third-order valence-electron chi connectivity index (χ3n) is 2.57. The summed E-state index contributed by atoms with van der Waals surface area (Å²) < 4.78 is 0. The van der Waals surface area contributed by atoms with Crippen LogP contribution in [0.1, 0.15) is 47.0 Å². The van der Waals surface area contributed by atoms with Crippen LogP contribution in [0, 0.1) is 5.92 Å². The molecule has 1 nitrogen and oxygen atoms in total. The summed E-state index contributed by atoms with van der Waals surface area (Å²) in [7, 11) is 0. The first kappa shape index (κ1) is 15.2. The average Bonchev–Trinajstić information content (AvgIpc) is 2.17. The fourth-order valence-corrected chi connectivity index (χ4v) is 1.51. The van der Waals surface area contributed by atoms with Gasteiger partial charge in [0.25, 0.3) is 0 Å². The molecule has 1 atom stereocenters. The van der Waals surface area contributed by atoms with Crippen molar-refractivity contribution in [1.82, 2.24) is 0 Å². The predicted octanol–water partition coefficient (Wildman–Crippen LogP) is 4.22. The smallest absolute Gasteiger partial charge is 0.0112 e. The van der Waals surface area contributed by atoms with E-state index in [1.54, 1.807) is 0 Å². The van der Waals surface area contributed by atoms with Crippen LogP contribution in [0.15, 0.2) is 35.5 Å². The maximum absolute atomic E-state index is 5.44. The van der Waals surface area contributed by atoms with E-state index < -0.39 is 0 Å². The molecule has 0 saturated carbocycles. The molecule has 0 saturated heterocycles.